The molecule has 1 aliphatic carbocycles. The summed E-state index contributed by atoms with van der Waals surface area (Å²) >= 11 is 0. The molecule has 1 aromatic rings. The van der Waals surface area contributed by atoms with Crippen LogP contribution in [0.15, 0.2) is 30.3 Å². The molecule has 0 spiro atoms. The number of hydrogen-bond donors (Lipinski definition) is 0. The molecule has 0 heterocycles. The van der Waals surface area contributed by atoms with E-state index in [2.05, 4.69) is 24.3 Å². The summed E-state index contributed by atoms with van der Waals surface area (Å²) in [4.78, 5) is 0. The van der Waals surface area contributed by atoms with E-state index >= 15 is 0 Å². The second kappa shape index (κ2) is 8.77. The fourth-order valence-electron chi connectivity index (χ4n) is 2.54. The van der Waals surface area contributed by atoms with Gasteiger partial charge in [0.15, 0.2) is 0 Å². The van der Waals surface area contributed by atoms with E-state index in [4.69, 9.17) is 10.1 Å². The van der Waals surface area contributed by atoms with Crippen LogP contribution < -0.4 is 18.9 Å². The third-order valence-corrected chi connectivity index (χ3v) is 3.47. The molecule has 0 aromatic heterocycles. The van der Waals surface area contributed by atoms with Gasteiger partial charge in [0, 0.05) is 13.7 Å². The average Bonchev–Trinajstić information content (AvgIpc) is 2.40. The molecule has 94 valence electrons. The van der Waals surface area contributed by atoms with E-state index in [1.165, 1.54) is 37.7 Å². The van der Waals surface area contributed by atoms with E-state index in [0.717, 1.165) is 0 Å². The molecular formula is C15H22LiNO. The van der Waals surface area contributed by atoms with Crippen LogP contribution in [0.4, 0.5) is 0 Å². The Morgan fingerprint density at radius 1 is 1.17 bits per heavy atom. The van der Waals surface area contributed by atoms with Crippen LogP contribution in [0.1, 0.15) is 43.7 Å². The van der Waals surface area contributed by atoms with Gasteiger partial charge in [0.05, 0.1) is 0 Å². The van der Waals surface area contributed by atoms with Crippen molar-refractivity contribution in [2.75, 3.05) is 13.7 Å². The van der Waals surface area contributed by atoms with Crippen LogP contribution in [0.2, 0.25) is 0 Å². The number of methoxy groups -OCH3 is 1. The Morgan fingerprint density at radius 2 is 1.83 bits per heavy atom. The second-order valence-corrected chi connectivity index (χ2v) is 4.82. The van der Waals surface area contributed by atoms with E-state index in [1.807, 2.05) is 6.07 Å². The number of ether oxygens (including phenoxy) is 1. The summed E-state index contributed by atoms with van der Waals surface area (Å²) in [7, 11) is 1.76. The van der Waals surface area contributed by atoms with Crippen LogP contribution in [0.3, 0.4) is 0 Å². The molecule has 0 aliphatic heterocycles. The summed E-state index contributed by atoms with van der Waals surface area (Å²) in [6.07, 6.45) is 6.57. The first-order valence-electron chi connectivity index (χ1n) is 6.64. The zero-order chi connectivity index (χ0) is 11.9. The van der Waals surface area contributed by atoms with Gasteiger partial charge >= 0.3 is 18.9 Å². The molecule has 2 nitrogen and oxygen atoms in total. The SMILES string of the molecule is COC[C@H]([N-]C1CCCCC1)c1ccccc1.[Li+]. The smallest absolute Gasteiger partial charge is 0.651 e. The molecule has 0 amide bonds. The molecule has 3 heteroatoms. The summed E-state index contributed by atoms with van der Waals surface area (Å²) in [5, 5.41) is 4.97. The molecule has 0 radical (unpaired) electrons. The van der Waals surface area contributed by atoms with E-state index in [0.29, 0.717) is 12.6 Å². The van der Waals surface area contributed by atoms with Gasteiger partial charge in [-0.05, 0) is 0 Å². The molecule has 18 heavy (non-hydrogen) atoms. The van der Waals surface area contributed by atoms with E-state index in [-0.39, 0.29) is 24.9 Å². The van der Waals surface area contributed by atoms with Crippen molar-refractivity contribution in [3.8, 4) is 0 Å². The van der Waals surface area contributed by atoms with Crippen LogP contribution in [-0.4, -0.2) is 19.8 Å². The van der Waals surface area contributed by atoms with Gasteiger partial charge in [-0.2, -0.15) is 0 Å². The van der Waals surface area contributed by atoms with Crippen LogP contribution in [-0.2, 0) is 4.74 Å². The molecular weight excluding hydrogens is 217 g/mol. The van der Waals surface area contributed by atoms with Gasteiger partial charge in [-0.15, -0.1) is 6.04 Å². The molecule has 0 N–H and O–H groups in total. The van der Waals surface area contributed by atoms with Crippen molar-refractivity contribution < 1.29 is 23.6 Å². The molecule has 1 atom stereocenters. The zero-order valence-electron chi connectivity index (χ0n) is 11.6. The largest absolute Gasteiger partial charge is 1.00 e. The molecule has 1 fully saturated rings. The van der Waals surface area contributed by atoms with Gasteiger partial charge < -0.3 is 10.1 Å². The maximum atomic E-state index is 5.31. The van der Waals surface area contributed by atoms with Gasteiger partial charge in [-0.25, -0.2) is 0 Å². The van der Waals surface area contributed by atoms with E-state index in [9.17, 15) is 0 Å². The summed E-state index contributed by atoms with van der Waals surface area (Å²) in [5.74, 6) is 0. The van der Waals surface area contributed by atoms with Crippen molar-refractivity contribution in [1.82, 2.24) is 0 Å². The fourth-order valence-corrected chi connectivity index (χ4v) is 2.54. The van der Waals surface area contributed by atoms with Crippen molar-refractivity contribution in [1.29, 1.82) is 0 Å². The maximum Gasteiger partial charge on any atom is 1.00 e. The van der Waals surface area contributed by atoms with Crippen molar-refractivity contribution in [2.24, 2.45) is 0 Å². The first kappa shape index (κ1) is 15.8. The van der Waals surface area contributed by atoms with Crippen molar-refractivity contribution in [2.45, 2.75) is 44.2 Å². The molecule has 1 aliphatic rings. The Bertz CT molecular complexity index is 312. The summed E-state index contributed by atoms with van der Waals surface area (Å²) < 4.78 is 5.31. The molecule has 1 aromatic carbocycles. The number of hydrogen-bond acceptors (Lipinski definition) is 1. The standard InChI is InChI=1S/C15H22NO.Li/c1-17-12-15(13-8-4-2-5-9-13)16-14-10-6-3-7-11-14;/h2,4-5,8-9,14-15H,3,6-7,10-12H2,1H3;/q-1;+1/t15-;/m0./s1. The minimum absolute atomic E-state index is 0. The Labute approximate surface area is 123 Å². The normalized spacial score (nSPS) is 18.1. The van der Waals surface area contributed by atoms with Crippen molar-refractivity contribution >= 4 is 0 Å². The monoisotopic (exact) mass is 239 g/mol. The van der Waals surface area contributed by atoms with Gasteiger partial charge in [-0.1, -0.05) is 74.0 Å². The Hall–Kier alpha value is -0.263. The second-order valence-electron chi connectivity index (χ2n) is 4.82. The molecule has 0 unspecified atom stereocenters. The van der Waals surface area contributed by atoms with Gasteiger partial charge in [0.1, 0.15) is 0 Å². The van der Waals surface area contributed by atoms with Crippen molar-refractivity contribution in [3.05, 3.63) is 41.2 Å². The molecule has 0 bridgehead atoms. The minimum Gasteiger partial charge on any atom is -0.651 e. The van der Waals surface area contributed by atoms with E-state index in [1.54, 1.807) is 7.11 Å². The topological polar surface area (TPSA) is 23.3 Å². The third-order valence-electron chi connectivity index (χ3n) is 3.47. The first-order chi connectivity index (χ1) is 8.40. The van der Waals surface area contributed by atoms with Crippen LogP contribution in [0.5, 0.6) is 0 Å². The van der Waals surface area contributed by atoms with Crippen LogP contribution >= 0.6 is 0 Å². The number of nitrogens with zero attached hydrogens (tertiary/aromatic N) is 1. The Balaban J connectivity index is 0.00000162. The summed E-state index contributed by atoms with van der Waals surface area (Å²) in [5.41, 5.74) is 1.28. The first-order valence-corrected chi connectivity index (χ1v) is 6.64. The quantitative estimate of drug-likeness (QED) is 0.705. The number of rotatable bonds is 5. The van der Waals surface area contributed by atoms with Gasteiger partial charge in [-0.3, -0.25) is 0 Å². The summed E-state index contributed by atoms with van der Waals surface area (Å²) in [6.45, 7) is 0.695. The average molecular weight is 239 g/mol. The van der Waals surface area contributed by atoms with Crippen LogP contribution in [0.25, 0.3) is 5.32 Å². The van der Waals surface area contributed by atoms with Crippen LogP contribution in [0, 0.1) is 0 Å². The predicted molar refractivity (Wildman–Crippen MR) is 71.3 cm³/mol. The van der Waals surface area contributed by atoms with Crippen molar-refractivity contribution in [3.63, 3.8) is 0 Å². The fraction of sp³-hybridized carbons (Fsp3) is 0.600. The molecule has 2 rings (SSSR count). The number of benzene rings is 1. The predicted octanol–water partition coefficient (Wildman–Crippen LogP) is 1.08. The minimum atomic E-state index is 0. The third kappa shape index (κ3) is 4.78. The molecule has 0 saturated heterocycles. The zero-order valence-corrected chi connectivity index (χ0v) is 11.6. The maximum absolute atomic E-state index is 5.31. The Kier molecular flexibility index (Phi) is 7.70. The Morgan fingerprint density at radius 3 is 2.44 bits per heavy atom. The van der Waals surface area contributed by atoms with Gasteiger partial charge in [0.2, 0.25) is 0 Å². The van der Waals surface area contributed by atoms with Gasteiger partial charge in [0.25, 0.3) is 0 Å². The summed E-state index contributed by atoms with van der Waals surface area (Å²) in [6, 6.07) is 11.3. The molecule has 1 saturated carbocycles. The van der Waals surface area contributed by atoms with E-state index < -0.39 is 0 Å².